The fraction of sp³-hybridized carbons (Fsp3) is 0.500. The van der Waals surface area contributed by atoms with Gasteiger partial charge in [-0.25, -0.2) is 8.42 Å². The van der Waals surface area contributed by atoms with E-state index in [4.69, 9.17) is 4.74 Å². The number of nitrogens with zero attached hydrogens (tertiary/aromatic N) is 3. The van der Waals surface area contributed by atoms with E-state index in [-0.39, 0.29) is 16.3 Å². The lowest BCUT2D eigenvalue weighted by atomic mass is 10.2. The number of rotatable bonds is 8. The Morgan fingerprint density at radius 2 is 1.90 bits per heavy atom. The minimum atomic E-state index is -3.69. The number of aryl methyl sites for hydroxylation is 1. The number of thiazole rings is 1. The van der Waals surface area contributed by atoms with Crippen molar-refractivity contribution in [3.8, 4) is 0 Å². The molecule has 0 aliphatic carbocycles. The maximum atomic E-state index is 13.0. The van der Waals surface area contributed by atoms with Gasteiger partial charge in [0, 0.05) is 37.3 Å². The van der Waals surface area contributed by atoms with Crippen LogP contribution < -0.4 is 15.1 Å². The van der Waals surface area contributed by atoms with E-state index in [1.165, 1.54) is 14.9 Å². The Morgan fingerprint density at radius 3 is 2.48 bits per heavy atom. The molecule has 1 fully saturated rings. The third-order valence-corrected chi connectivity index (χ3v) is 8.14. The fourth-order valence-electron chi connectivity index (χ4n) is 3.50. The van der Waals surface area contributed by atoms with E-state index in [9.17, 15) is 18.0 Å². The first-order valence-corrected chi connectivity index (χ1v) is 12.5. The van der Waals surface area contributed by atoms with Gasteiger partial charge in [-0.3, -0.25) is 14.2 Å². The lowest BCUT2D eigenvalue weighted by Gasteiger charge is -2.31. The first-order chi connectivity index (χ1) is 14.8. The number of anilines is 2. The molecule has 0 spiro atoms. The zero-order valence-corrected chi connectivity index (χ0v) is 19.6. The molecule has 9 nitrogen and oxygen atoms in total. The molecule has 31 heavy (non-hydrogen) atoms. The van der Waals surface area contributed by atoms with Crippen molar-refractivity contribution in [3.05, 3.63) is 38.9 Å². The number of hydrogen-bond donors (Lipinski definition) is 1. The number of benzene rings is 1. The molecule has 0 bridgehead atoms. The monoisotopic (exact) mass is 468 g/mol. The summed E-state index contributed by atoms with van der Waals surface area (Å²) in [4.78, 5) is 26.7. The van der Waals surface area contributed by atoms with Gasteiger partial charge in [-0.1, -0.05) is 25.2 Å². The van der Waals surface area contributed by atoms with Gasteiger partial charge in [0.2, 0.25) is 15.9 Å². The average Bonchev–Trinajstić information content (AvgIpc) is 3.07. The molecule has 170 valence electrons. The van der Waals surface area contributed by atoms with E-state index in [0.29, 0.717) is 50.8 Å². The van der Waals surface area contributed by atoms with Crippen LogP contribution in [0.3, 0.4) is 0 Å². The van der Waals surface area contributed by atoms with Gasteiger partial charge in [0.05, 0.1) is 29.5 Å². The molecule has 2 aromatic rings. The van der Waals surface area contributed by atoms with Crippen LogP contribution in [-0.2, 0) is 26.1 Å². The first kappa shape index (κ1) is 23.5. The number of amides is 1. The predicted molar refractivity (Wildman–Crippen MR) is 122 cm³/mol. The summed E-state index contributed by atoms with van der Waals surface area (Å²) in [6, 6.07) is 4.79. The second kappa shape index (κ2) is 9.94. The molecule has 0 radical (unpaired) electrons. The molecule has 2 heterocycles. The smallest absolute Gasteiger partial charge is 0.307 e. The van der Waals surface area contributed by atoms with Gasteiger partial charge in [-0.05, 0) is 25.1 Å². The summed E-state index contributed by atoms with van der Waals surface area (Å²) in [6.45, 7) is 8.28. The van der Waals surface area contributed by atoms with Crippen molar-refractivity contribution in [3.63, 3.8) is 0 Å². The van der Waals surface area contributed by atoms with Crippen molar-refractivity contribution in [2.75, 3.05) is 49.6 Å². The number of nitrogens with one attached hydrogen (secondary N) is 1. The van der Waals surface area contributed by atoms with Crippen molar-refractivity contribution in [1.29, 1.82) is 0 Å². The highest BCUT2D eigenvalue weighted by atomic mass is 32.2. The van der Waals surface area contributed by atoms with Crippen LogP contribution in [0.15, 0.2) is 33.3 Å². The fourth-order valence-corrected chi connectivity index (χ4v) is 5.72. The summed E-state index contributed by atoms with van der Waals surface area (Å²) >= 11 is 1.04. The summed E-state index contributed by atoms with van der Waals surface area (Å²) < 4.78 is 34.2. The van der Waals surface area contributed by atoms with E-state index < -0.39 is 15.9 Å². The summed E-state index contributed by atoms with van der Waals surface area (Å²) in [5.41, 5.74) is 1.84. The molecule has 3 rings (SSSR count). The lowest BCUT2D eigenvalue weighted by Crippen LogP contribution is -2.37. The Kier molecular flexibility index (Phi) is 7.52. The largest absolute Gasteiger partial charge is 0.378 e. The minimum Gasteiger partial charge on any atom is -0.378 e. The molecule has 1 aromatic heterocycles. The van der Waals surface area contributed by atoms with Gasteiger partial charge >= 0.3 is 4.87 Å². The van der Waals surface area contributed by atoms with E-state index in [1.54, 1.807) is 38.3 Å². The van der Waals surface area contributed by atoms with Crippen LogP contribution >= 0.6 is 11.3 Å². The van der Waals surface area contributed by atoms with Crippen molar-refractivity contribution in [2.24, 2.45) is 0 Å². The van der Waals surface area contributed by atoms with Crippen molar-refractivity contribution < 1.29 is 17.9 Å². The van der Waals surface area contributed by atoms with Crippen LogP contribution in [0.5, 0.6) is 0 Å². The van der Waals surface area contributed by atoms with Gasteiger partial charge in [-0.2, -0.15) is 4.31 Å². The maximum Gasteiger partial charge on any atom is 0.307 e. The second-order valence-corrected chi connectivity index (χ2v) is 9.90. The molecular formula is C20H28N4O5S2. The van der Waals surface area contributed by atoms with Crippen molar-refractivity contribution in [2.45, 2.75) is 32.2 Å². The molecule has 0 unspecified atom stereocenters. The maximum absolute atomic E-state index is 13.0. The van der Waals surface area contributed by atoms with E-state index >= 15 is 0 Å². The summed E-state index contributed by atoms with van der Waals surface area (Å²) in [5, 5.41) is 4.53. The highest BCUT2D eigenvalue weighted by Crippen LogP contribution is 2.31. The number of ether oxygens (including phenoxy) is 1. The standard InChI is InChI=1S/C20H28N4O5S2/c1-4-23(5-2)31(27,28)16-6-7-18(22-8-10-29-11-9-22)17(12-16)21-19(25)13-24-15(3)14-30-20(24)26/h6-7,12,14H,4-5,8-11,13H2,1-3H3,(H,21,25). The number of carbonyl (C=O) groups is 1. The van der Waals surface area contributed by atoms with Gasteiger partial charge < -0.3 is 15.0 Å². The molecule has 0 saturated carbocycles. The van der Waals surface area contributed by atoms with E-state index in [1.807, 2.05) is 0 Å². The van der Waals surface area contributed by atoms with Gasteiger partial charge in [0.15, 0.2) is 0 Å². The Bertz CT molecular complexity index is 1080. The Hall–Kier alpha value is -2.21. The molecule has 11 heteroatoms. The summed E-state index contributed by atoms with van der Waals surface area (Å²) in [5.74, 6) is -0.393. The van der Waals surface area contributed by atoms with Crippen LogP contribution in [0.2, 0.25) is 0 Å². The van der Waals surface area contributed by atoms with Crippen LogP contribution in [0.1, 0.15) is 19.5 Å². The molecule has 1 N–H and O–H groups in total. The number of morpholine rings is 1. The number of carbonyl (C=O) groups excluding carboxylic acids is 1. The lowest BCUT2D eigenvalue weighted by molar-refractivity contribution is -0.116. The molecule has 0 atom stereocenters. The number of hydrogen-bond acceptors (Lipinski definition) is 7. The molecule has 1 saturated heterocycles. The topological polar surface area (TPSA) is 101 Å². The van der Waals surface area contributed by atoms with Crippen LogP contribution in [-0.4, -0.2) is 62.6 Å². The minimum absolute atomic E-state index is 0.118. The van der Waals surface area contributed by atoms with Gasteiger partial charge in [0.1, 0.15) is 6.54 Å². The van der Waals surface area contributed by atoms with Crippen LogP contribution in [0.25, 0.3) is 0 Å². The molecule has 1 amide bonds. The SMILES string of the molecule is CCN(CC)S(=O)(=O)c1ccc(N2CCOCC2)c(NC(=O)Cn2c(C)csc2=O)c1. The normalized spacial score (nSPS) is 14.8. The Labute approximate surface area is 186 Å². The van der Waals surface area contributed by atoms with Crippen molar-refractivity contribution in [1.82, 2.24) is 8.87 Å². The van der Waals surface area contributed by atoms with Crippen LogP contribution in [0, 0.1) is 6.92 Å². The van der Waals surface area contributed by atoms with Gasteiger partial charge in [0.25, 0.3) is 0 Å². The quantitative estimate of drug-likeness (QED) is 0.633. The third kappa shape index (κ3) is 5.17. The Balaban J connectivity index is 1.95. The molecule has 1 aromatic carbocycles. The third-order valence-electron chi connectivity index (χ3n) is 5.22. The second-order valence-electron chi connectivity index (χ2n) is 7.15. The van der Waals surface area contributed by atoms with Crippen molar-refractivity contribution >= 4 is 38.6 Å². The predicted octanol–water partition coefficient (Wildman–Crippen LogP) is 1.72. The van der Waals surface area contributed by atoms with E-state index in [2.05, 4.69) is 10.2 Å². The number of sulfonamides is 1. The number of aromatic nitrogens is 1. The highest BCUT2D eigenvalue weighted by molar-refractivity contribution is 7.89. The Morgan fingerprint density at radius 1 is 1.23 bits per heavy atom. The first-order valence-electron chi connectivity index (χ1n) is 10.2. The molecule has 1 aliphatic heterocycles. The average molecular weight is 469 g/mol. The van der Waals surface area contributed by atoms with Crippen LogP contribution in [0.4, 0.5) is 11.4 Å². The highest BCUT2D eigenvalue weighted by Gasteiger charge is 2.25. The van der Waals surface area contributed by atoms with Gasteiger partial charge in [-0.15, -0.1) is 0 Å². The molecule has 1 aliphatic rings. The zero-order valence-electron chi connectivity index (χ0n) is 18.0. The molecular weight excluding hydrogens is 440 g/mol. The van der Waals surface area contributed by atoms with E-state index in [0.717, 1.165) is 17.0 Å². The summed E-state index contributed by atoms with van der Waals surface area (Å²) in [7, 11) is -3.69. The zero-order chi connectivity index (χ0) is 22.6. The summed E-state index contributed by atoms with van der Waals surface area (Å²) in [6.07, 6.45) is 0.